The van der Waals surface area contributed by atoms with Crippen LogP contribution in [0.15, 0.2) is 48.5 Å². The number of anilines is 1. The third-order valence-corrected chi connectivity index (χ3v) is 7.83. The zero-order valence-electron chi connectivity index (χ0n) is 21.8. The van der Waals surface area contributed by atoms with Gasteiger partial charge < -0.3 is 10.2 Å². The first-order valence-corrected chi connectivity index (χ1v) is 14.6. The third-order valence-electron chi connectivity index (χ3n) is 6.24. The molecule has 9 heteroatoms. The highest BCUT2D eigenvalue weighted by Crippen LogP contribution is 2.28. The van der Waals surface area contributed by atoms with Crippen molar-refractivity contribution < 1.29 is 18.0 Å². The molecule has 0 aromatic heterocycles. The van der Waals surface area contributed by atoms with Crippen molar-refractivity contribution in [2.75, 3.05) is 17.1 Å². The molecule has 2 amide bonds. The van der Waals surface area contributed by atoms with E-state index in [-0.39, 0.29) is 30.8 Å². The van der Waals surface area contributed by atoms with Crippen molar-refractivity contribution in [1.29, 1.82) is 0 Å². The highest BCUT2D eigenvalue weighted by Gasteiger charge is 2.29. The average Bonchev–Trinajstić information content (AvgIpc) is 2.83. The highest BCUT2D eigenvalue weighted by molar-refractivity contribution is 7.92. The van der Waals surface area contributed by atoms with Crippen molar-refractivity contribution in [3.8, 4) is 0 Å². The number of nitrogens with zero attached hydrogens (tertiary/aromatic N) is 2. The second-order valence-electron chi connectivity index (χ2n) is 9.07. The van der Waals surface area contributed by atoms with Gasteiger partial charge >= 0.3 is 0 Å². The molecule has 0 saturated heterocycles. The summed E-state index contributed by atoms with van der Waals surface area (Å²) in [5.41, 5.74) is 2.08. The van der Waals surface area contributed by atoms with Crippen LogP contribution in [-0.4, -0.2) is 50.0 Å². The smallest absolute Gasteiger partial charge is 0.243 e. The Morgan fingerprint density at radius 1 is 1.03 bits per heavy atom. The van der Waals surface area contributed by atoms with E-state index in [0.29, 0.717) is 35.7 Å². The summed E-state index contributed by atoms with van der Waals surface area (Å²) in [6.07, 6.45) is 2.80. The molecule has 2 rings (SSSR count). The molecule has 0 radical (unpaired) electrons. The van der Waals surface area contributed by atoms with Gasteiger partial charge in [-0.2, -0.15) is 0 Å². The molecule has 0 heterocycles. The van der Waals surface area contributed by atoms with Gasteiger partial charge in [0.1, 0.15) is 6.04 Å². The molecule has 0 aliphatic carbocycles. The second-order valence-corrected chi connectivity index (χ2v) is 11.4. The molecule has 36 heavy (non-hydrogen) atoms. The summed E-state index contributed by atoms with van der Waals surface area (Å²) in [7, 11) is -3.59. The molecule has 0 spiro atoms. The van der Waals surface area contributed by atoms with Crippen LogP contribution in [0.2, 0.25) is 5.02 Å². The van der Waals surface area contributed by atoms with E-state index in [1.54, 1.807) is 30.0 Å². The number of halogens is 1. The maximum Gasteiger partial charge on any atom is 0.243 e. The Morgan fingerprint density at radius 2 is 1.69 bits per heavy atom. The van der Waals surface area contributed by atoms with E-state index in [2.05, 4.69) is 5.32 Å². The molecule has 0 saturated carbocycles. The second kappa shape index (κ2) is 13.7. The fraction of sp³-hybridized carbons (Fsp3) is 0.481. The van der Waals surface area contributed by atoms with Crippen LogP contribution in [0.25, 0.3) is 0 Å². The van der Waals surface area contributed by atoms with E-state index in [9.17, 15) is 18.0 Å². The monoisotopic (exact) mass is 535 g/mol. The van der Waals surface area contributed by atoms with Gasteiger partial charge in [-0.15, -0.1) is 0 Å². The predicted molar refractivity (Wildman–Crippen MR) is 147 cm³/mol. The average molecular weight is 536 g/mol. The van der Waals surface area contributed by atoms with Gasteiger partial charge in [0, 0.05) is 30.6 Å². The number of nitrogens with one attached hydrogen (secondary N) is 1. The summed E-state index contributed by atoms with van der Waals surface area (Å²) in [4.78, 5) is 28.1. The summed E-state index contributed by atoms with van der Waals surface area (Å²) < 4.78 is 26.4. The van der Waals surface area contributed by atoms with Crippen molar-refractivity contribution >= 4 is 39.1 Å². The maximum atomic E-state index is 13.5. The van der Waals surface area contributed by atoms with Crippen molar-refractivity contribution in [3.05, 3.63) is 64.7 Å². The zero-order chi connectivity index (χ0) is 26.9. The molecule has 2 aromatic rings. The van der Waals surface area contributed by atoms with Crippen LogP contribution in [0.4, 0.5) is 5.69 Å². The summed E-state index contributed by atoms with van der Waals surface area (Å²) in [6.45, 7) is 8.01. The summed E-state index contributed by atoms with van der Waals surface area (Å²) in [5, 5.41) is 3.47. The Bertz CT molecular complexity index is 1130. The number of benzene rings is 2. The maximum absolute atomic E-state index is 13.5. The molecule has 2 aromatic carbocycles. The van der Waals surface area contributed by atoms with E-state index < -0.39 is 16.1 Å². The molecule has 2 atom stereocenters. The molecule has 0 fully saturated rings. The number of sulfonamides is 1. The van der Waals surface area contributed by atoms with Crippen molar-refractivity contribution in [3.63, 3.8) is 0 Å². The molecule has 0 aliphatic rings. The van der Waals surface area contributed by atoms with Crippen LogP contribution in [0.5, 0.6) is 0 Å². The SMILES string of the molecule is CCC(C)NC(=O)C(CC)N(Cc1ccccc1)C(=O)CCCN(c1cccc(Cl)c1C)S(C)(=O)=O. The number of hydrogen-bond acceptors (Lipinski definition) is 4. The van der Waals surface area contributed by atoms with E-state index in [1.807, 2.05) is 51.1 Å². The minimum Gasteiger partial charge on any atom is -0.352 e. The Labute approximate surface area is 220 Å². The van der Waals surface area contributed by atoms with Gasteiger partial charge in [-0.3, -0.25) is 13.9 Å². The molecule has 1 N–H and O–H groups in total. The van der Waals surface area contributed by atoms with Crippen molar-refractivity contribution in [2.45, 2.75) is 72.0 Å². The van der Waals surface area contributed by atoms with Crippen LogP contribution < -0.4 is 9.62 Å². The normalized spacial score (nSPS) is 13.1. The quantitative estimate of drug-likeness (QED) is 0.394. The molecule has 0 aliphatic heterocycles. The van der Waals surface area contributed by atoms with Crippen LogP contribution in [0.3, 0.4) is 0 Å². The lowest BCUT2D eigenvalue weighted by Crippen LogP contribution is -2.50. The minimum atomic E-state index is -3.59. The van der Waals surface area contributed by atoms with Gasteiger partial charge in [0.05, 0.1) is 11.9 Å². The van der Waals surface area contributed by atoms with E-state index >= 15 is 0 Å². The van der Waals surface area contributed by atoms with Crippen molar-refractivity contribution in [1.82, 2.24) is 10.2 Å². The lowest BCUT2D eigenvalue weighted by Gasteiger charge is -2.32. The fourth-order valence-electron chi connectivity index (χ4n) is 3.99. The van der Waals surface area contributed by atoms with Gasteiger partial charge in [-0.05, 0) is 56.4 Å². The standard InChI is InChI=1S/C27H38ClN3O4S/c1-6-20(3)29-27(33)24(7-2)30(19-22-13-9-8-10-14-22)26(32)17-12-18-31(36(5,34)35)25-16-11-15-23(28)21(25)4/h8-11,13-16,20,24H,6-7,12,17-19H2,1-5H3,(H,29,33). The topological polar surface area (TPSA) is 86.8 Å². The molecule has 0 bridgehead atoms. The van der Waals surface area contributed by atoms with E-state index in [4.69, 9.17) is 11.6 Å². The molecule has 198 valence electrons. The minimum absolute atomic E-state index is 0.00415. The predicted octanol–water partition coefficient (Wildman–Crippen LogP) is 4.92. The van der Waals surface area contributed by atoms with Gasteiger partial charge in [-0.25, -0.2) is 8.42 Å². The van der Waals surface area contributed by atoms with Crippen LogP contribution in [0.1, 0.15) is 57.6 Å². The van der Waals surface area contributed by atoms with Gasteiger partial charge in [-0.1, -0.05) is 61.8 Å². The zero-order valence-corrected chi connectivity index (χ0v) is 23.4. The number of carbonyl (C=O) groups is 2. The molecule has 2 unspecified atom stereocenters. The first-order chi connectivity index (χ1) is 17.0. The van der Waals surface area contributed by atoms with Crippen molar-refractivity contribution in [2.24, 2.45) is 0 Å². The van der Waals surface area contributed by atoms with Crippen LogP contribution in [0, 0.1) is 6.92 Å². The lowest BCUT2D eigenvalue weighted by molar-refractivity contribution is -0.141. The summed E-state index contributed by atoms with van der Waals surface area (Å²) >= 11 is 6.22. The van der Waals surface area contributed by atoms with E-state index in [1.165, 1.54) is 4.31 Å². The van der Waals surface area contributed by atoms with Gasteiger partial charge in [0.25, 0.3) is 0 Å². The summed E-state index contributed by atoms with van der Waals surface area (Å²) in [6, 6.07) is 14.1. The number of hydrogen-bond donors (Lipinski definition) is 1. The first kappa shape index (κ1) is 29.6. The Hall–Kier alpha value is -2.58. The molecular weight excluding hydrogens is 498 g/mol. The first-order valence-electron chi connectivity index (χ1n) is 12.4. The Balaban J connectivity index is 2.23. The molecule has 7 nitrogen and oxygen atoms in total. The Morgan fingerprint density at radius 3 is 2.28 bits per heavy atom. The van der Waals surface area contributed by atoms with Gasteiger partial charge in [0.2, 0.25) is 21.8 Å². The van der Waals surface area contributed by atoms with Gasteiger partial charge in [0.15, 0.2) is 0 Å². The number of carbonyl (C=O) groups excluding carboxylic acids is 2. The fourth-order valence-corrected chi connectivity index (χ4v) is 5.17. The highest BCUT2D eigenvalue weighted by atomic mass is 35.5. The number of rotatable bonds is 13. The number of amides is 2. The largest absolute Gasteiger partial charge is 0.352 e. The summed E-state index contributed by atoms with van der Waals surface area (Å²) in [5.74, 6) is -0.371. The third kappa shape index (κ3) is 8.23. The Kier molecular flexibility index (Phi) is 11.2. The molecular formula is C27H38ClN3O4S. The lowest BCUT2D eigenvalue weighted by atomic mass is 10.1. The van der Waals surface area contributed by atoms with E-state index in [0.717, 1.165) is 18.2 Å². The van der Waals surface area contributed by atoms with Crippen LogP contribution >= 0.6 is 11.6 Å². The van der Waals surface area contributed by atoms with Crippen LogP contribution in [-0.2, 0) is 26.2 Å².